The Kier molecular flexibility index (Phi) is 6.18. The van der Waals surface area contributed by atoms with Crippen LogP contribution in [0.25, 0.3) is 6.08 Å². The molecule has 120 valence electrons. The maximum Gasteiger partial charge on any atom is 0.330 e. The van der Waals surface area contributed by atoms with E-state index < -0.39 is 0 Å². The van der Waals surface area contributed by atoms with E-state index in [0.717, 1.165) is 5.56 Å². The molecule has 0 heterocycles. The second-order valence-electron chi connectivity index (χ2n) is 4.68. The van der Waals surface area contributed by atoms with Crippen molar-refractivity contribution in [1.82, 2.24) is 0 Å². The normalized spacial score (nSPS) is 10.7. The van der Waals surface area contributed by atoms with Gasteiger partial charge in [0.15, 0.2) is 0 Å². The molecule has 3 nitrogen and oxygen atoms in total. The number of carbonyl (C=O) groups excluding carboxylic acids is 1. The lowest BCUT2D eigenvalue weighted by Gasteiger charge is -2.08. The van der Waals surface area contributed by atoms with Gasteiger partial charge in [-0.05, 0) is 42.8 Å². The number of hydrogen-bond donors (Lipinski definition) is 0. The summed E-state index contributed by atoms with van der Waals surface area (Å²) in [5.74, 6) is -0.103. The third-order valence-electron chi connectivity index (χ3n) is 2.99. The van der Waals surface area contributed by atoms with Crippen LogP contribution in [0.15, 0.2) is 48.5 Å². The number of rotatable bonds is 6. The fraction of sp³-hybridized carbons (Fsp3) is 0.167. The molecule has 0 fully saturated rings. The number of hydrogen-bond acceptors (Lipinski definition) is 3. The van der Waals surface area contributed by atoms with E-state index in [1.54, 1.807) is 31.2 Å². The minimum Gasteiger partial charge on any atom is -0.489 e. The Hall–Kier alpha value is -2.33. The second kappa shape index (κ2) is 8.34. The summed E-state index contributed by atoms with van der Waals surface area (Å²) < 4.78 is 23.4. The van der Waals surface area contributed by atoms with Crippen molar-refractivity contribution >= 4 is 23.6 Å². The van der Waals surface area contributed by atoms with E-state index in [2.05, 4.69) is 0 Å². The van der Waals surface area contributed by atoms with Crippen LogP contribution in [0.5, 0.6) is 5.75 Å². The van der Waals surface area contributed by atoms with Gasteiger partial charge in [-0.1, -0.05) is 29.8 Å². The number of benzene rings is 2. The van der Waals surface area contributed by atoms with E-state index in [4.69, 9.17) is 21.1 Å². The van der Waals surface area contributed by atoms with Crippen LogP contribution in [0.3, 0.4) is 0 Å². The van der Waals surface area contributed by atoms with Gasteiger partial charge < -0.3 is 9.47 Å². The van der Waals surface area contributed by atoms with Gasteiger partial charge in [0, 0.05) is 11.6 Å². The average molecular weight is 335 g/mol. The summed E-state index contributed by atoms with van der Waals surface area (Å²) in [5, 5.41) is 0.332. The lowest BCUT2D eigenvalue weighted by molar-refractivity contribution is -0.137. The van der Waals surface area contributed by atoms with Gasteiger partial charge >= 0.3 is 5.97 Å². The molecule has 0 aliphatic carbocycles. The summed E-state index contributed by atoms with van der Waals surface area (Å²) in [6.07, 6.45) is 3.04. The largest absolute Gasteiger partial charge is 0.489 e. The van der Waals surface area contributed by atoms with Crippen LogP contribution in [-0.2, 0) is 16.1 Å². The van der Waals surface area contributed by atoms with Crippen molar-refractivity contribution in [1.29, 1.82) is 0 Å². The molecule has 0 radical (unpaired) electrons. The van der Waals surface area contributed by atoms with E-state index >= 15 is 0 Å². The molecule has 0 aromatic heterocycles. The van der Waals surface area contributed by atoms with Crippen LogP contribution in [0.4, 0.5) is 4.39 Å². The number of halogens is 2. The molecule has 0 amide bonds. The quantitative estimate of drug-likeness (QED) is 0.570. The van der Waals surface area contributed by atoms with Crippen LogP contribution in [0.2, 0.25) is 5.02 Å². The van der Waals surface area contributed by atoms with Crippen molar-refractivity contribution in [3.05, 3.63) is 70.5 Å². The molecular weight excluding hydrogens is 319 g/mol. The third-order valence-corrected chi connectivity index (χ3v) is 3.34. The first-order valence-corrected chi connectivity index (χ1v) is 7.48. The zero-order chi connectivity index (χ0) is 16.7. The maximum atomic E-state index is 13.0. The molecular formula is C18H16ClFO3. The van der Waals surface area contributed by atoms with Gasteiger partial charge in [-0.2, -0.15) is 0 Å². The summed E-state index contributed by atoms with van der Waals surface area (Å²) in [5.41, 5.74) is 1.56. The van der Waals surface area contributed by atoms with Gasteiger partial charge in [-0.3, -0.25) is 0 Å². The summed E-state index contributed by atoms with van der Waals surface area (Å²) in [4.78, 5) is 11.2. The Morgan fingerprint density at radius 2 is 1.96 bits per heavy atom. The molecule has 2 rings (SSSR count). The van der Waals surface area contributed by atoms with Gasteiger partial charge in [-0.25, -0.2) is 9.18 Å². The topological polar surface area (TPSA) is 35.5 Å². The molecule has 23 heavy (non-hydrogen) atoms. The minimum atomic E-state index is -0.378. The van der Waals surface area contributed by atoms with Crippen molar-refractivity contribution in [2.24, 2.45) is 0 Å². The lowest BCUT2D eigenvalue weighted by atomic mass is 10.2. The fourth-order valence-corrected chi connectivity index (χ4v) is 2.05. The molecule has 5 heteroatoms. The average Bonchev–Trinajstić information content (AvgIpc) is 2.53. The number of esters is 1. The van der Waals surface area contributed by atoms with Gasteiger partial charge in [0.2, 0.25) is 0 Å². The summed E-state index contributed by atoms with van der Waals surface area (Å²) in [7, 11) is 0. The first-order chi connectivity index (χ1) is 11.1. The van der Waals surface area contributed by atoms with E-state index in [-0.39, 0.29) is 18.4 Å². The molecule has 2 aromatic carbocycles. The summed E-state index contributed by atoms with van der Waals surface area (Å²) >= 11 is 5.94. The highest BCUT2D eigenvalue weighted by atomic mass is 35.5. The smallest absolute Gasteiger partial charge is 0.330 e. The van der Waals surface area contributed by atoms with E-state index in [1.165, 1.54) is 18.2 Å². The zero-order valence-electron chi connectivity index (χ0n) is 12.6. The molecule has 0 unspecified atom stereocenters. The fourth-order valence-electron chi connectivity index (χ4n) is 1.83. The first kappa shape index (κ1) is 17.0. The van der Waals surface area contributed by atoms with Crippen molar-refractivity contribution in [2.45, 2.75) is 13.5 Å². The van der Waals surface area contributed by atoms with Crippen LogP contribution in [0, 0.1) is 5.82 Å². The minimum absolute atomic E-state index is 0.247. The van der Waals surface area contributed by atoms with Crippen molar-refractivity contribution < 1.29 is 18.7 Å². The SMILES string of the molecule is CCOC(=O)/C=C/c1ccc(OCc2ccc(F)cc2Cl)cc1. The summed E-state index contributed by atoms with van der Waals surface area (Å²) in [6, 6.07) is 11.4. The highest BCUT2D eigenvalue weighted by molar-refractivity contribution is 6.31. The molecule has 0 aliphatic rings. The number of carbonyl (C=O) groups is 1. The Bertz CT molecular complexity index is 696. The predicted molar refractivity (Wildman–Crippen MR) is 87.9 cm³/mol. The molecule has 0 bridgehead atoms. The van der Waals surface area contributed by atoms with Crippen LogP contribution < -0.4 is 4.74 Å². The van der Waals surface area contributed by atoms with Crippen LogP contribution in [-0.4, -0.2) is 12.6 Å². The van der Waals surface area contributed by atoms with Crippen LogP contribution in [0.1, 0.15) is 18.1 Å². The standard InChI is InChI=1S/C18H16ClFO3/c1-2-22-18(21)10-5-13-3-8-16(9-4-13)23-12-14-6-7-15(20)11-17(14)19/h3-11H,2,12H2,1H3/b10-5+. The maximum absolute atomic E-state index is 13.0. The van der Waals surface area contributed by atoms with E-state index in [9.17, 15) is 9.18 Å². The van der Waals surface area contributed by atoms with Gasteiger partial charge in [-0.15, -0.1) is 0 Å². The molecule has 0 saturated carbocycles. The number of ether oxygens (including phenoxy) is 2. The van der Waals surface area contributed by atoms with Crippen molar-refractivity contribution in [3.8, 4) is 5.75 Å². The molecule has 2 aromatic rings. The Morgan fingerprint density at radius 3 is 2.61 bits per heavy atom. The predicted octanol–water partition coefficient (Wildman–Crippen LogP) is 4.63. The van der Waals surface area contributed by atoms with Gasteiger partial charge in [0.1, 0.15) is 18.2 Å². The Morgan fingerprint density at radius 1 is 1.22 bits per heavy atom. The van der Waals surface area contributed by atoms with Gasteiger partial charge in [0.05, 0.1) is 11.6 Å². The molecule has 0 aliphatic heterocycles. The molecule has 0 N–H and O–H groups in total. The lowest BCUT2D eigenvalue weighted by Crippen LogP contribution is -1.98. The van der Waals surface area contributed by atoms with E-state index in [0.29, 0.717) is 22.9 Å². The summed E-state index contributed by atoms with van der Waals surface area (Å²) in [6.45, 7) is 2.35. The highest BCUT2D eigenvalue weighted by Gasteiger charge is 2.03. The molecule has 0 spiro atoms. The highest BCUT2D eigenvalue weighted by Crippen LogP contribution is 2.20. The second-order valence-corrected chi connectivity index (χ2v) is 5.09. The first-order valence-electron chi connectivity index (χ1n) is 7.10. The van der Waals surface area contributed by atoms with Gasteiger partial charge in [0.25, 0.3) is 0 Å². The van der Waals surface area contributed by atoms with E-state index in [1.807, 2.05) is 12.1 Å². The molecule has 0 atom stereocenters. The van der Waals surface area contributed by atoms with Crippen molar-refractivity contribution in [3.63, 3.8) is 0 Å². The Labute approximate surface area is 139 Å². The Balaban J connectivity index is 1.93. The molecule has 0 saturated heterocycles. The third kappa shape index (κ3) is 5.42. The zero-order valence-corrected chi connectivity index (χ0v) is 13.3. The van der Waals surface area contributed by atoms with Crippen molar-refractivity contribution in [2.75, 3.05) is 6.61 Å². The monoisotopic (exact) mass is 334 g/mol. The van der Waals surface area contributed by atoms with Crippen LogP contribution >= 0.6 is 11.6 Å².